The lowest BCUT2D eigenvalue weighted by Gasteiger charge is -2.11. The number of primary amides is 1. The lowest BCUT2D eigenvalue weighted by Crippen LogP contribution is -2.23. The number of nitrogens with two attached hydrogens (primary N) is 1. The van der Waals surface area contributed by atoms with Crippen LogP contribution in [0.3, 0.4) is 0 Å². The number of thiophene rings is 1. The minimum absolute atomic E-state index is 0.350. The van der Waals surface area contributed by atoms with E-state index in [-0.39, 0.29) is 0 Å². The van der Waals surface area contributed by atoms with Crippen LogP contribution in [0.4, 0.5) is 5.00 Å². The number of ether oxygens (including phenoxy) is 1. The zero-order valence-electron chi connectivity index (χ0n) is 16.2. The van der Waals surface area contributed by atoms with Crippen molar-refractivity contribution in [3.63, 3.8) is 0 Å². The minimum atomic E-state index is -0.593. The minimum Gasteiger partial charge on any atom is -0.452 e. The molecule has 0 saturated carbocycles. The Hall–Kier alpha value is -3.39. The van der Waals surface area contributed by atoms with E-state index in [0.29, 0.717) is 16.1 Å². The van der Waals surface area contributed by atoms with E-state index in [2.05, 4.69) is 5.32 Å². The molecule has 154 valence electrons. The highest BCUT2D eigenvalue weighted by Crippen LogP contribution is 2.37. The van der Waals surface area contributed by atoms with E-state index in [1.165, 1.54) is 11.3 Å². The first-order chi connectivity index (χ1) is 14.5. The number of aryl methyl sites for hydroxylation is 1. The van der Waals surface area contributed by atoms with Gasteiger partial charge in [0.1, 0.15) is 5.00 Å². The lowest BCUT2D eigenvalue weighted by atomic mass is 9.95. The number of esters is 1. The van der Waals surface area contributed by atoms with Crippen molar-refractivity contribution in [2.24, 2.45) is 5.73 Å². The van der Waals surface area contributed by atoms with Gasteiger partial charge in [-0.1, -0.05) is 0 Å². The molecule has 7 nitrogen and oxygen atoms in total. The second kappa shape index (κ2) is 8.54. The van der Waals surface area contributed by atoms with Crippen LogP contribution in [0.2, 0.25) is 0 Å². The van der Waals surface area contributed by atoms with E-state index >= 15 is 0 Å². The van der Waals surface area contributed by atoms with Crippen molar-refractivity contribution in [3.05, 3.63) is 70.4 Å². The van der Waals surface area contributed by atoms with Crippen LogP contribution in [0.1, 0.15) is 44.0 Å². The number of fused-ring (bicyclic) bond motifs is 1. The molecule has 0 bridgehead atoms. The number of rotatable bonds is 6. The molecule has 2 amide bonds. The molecular weight excluding hydrogens is 402 g/mol. The molecule has 3 N–H and O–H groups in total. The Balaban J connectivity index is 1.38. The van der Waals surface area contributed by atoms with Crippen molar-refractivity contribution in [2.45, 2.75) is 25.7 Å². The number of aromatic nitrogens is 1. The Morgan fingerprint density at radius 1 is 1.07 bits per heavy atom. The quantitative estimate of drug-likeness (QED) is 0.594. The summed E-state index contributed by atoms with van der Waals surface area (Å²) in [6.07, 6.45) is 7.52. The maximum Gasteiger partial charge on any atom is 0.338 e. The first kappa shape index (κ1) is 19.9. The van der Waals surface area contributed by atoms with E-state index < -0.39 is 24.4 Å². The highest BCUT2D eigenvalue weighted by Gasteiger charge is 2.25. The number of nitrogens with zero attached hydrogens (tertiary/aromatic N) is 1. The fourth-order valence-corrected chi connectivity index (χ4v) is 4.88. The van der Waals surface area contributed by atoms with Gasteiger partial charge in [-0.2, -0.15) is 0 Å². The molecule has 1 aromatic carbocycles. The van der Waals surface area contributed by atoms with Gasteiger partial charge >= 0.3 is 5.97 Å². The summed E-state index contributed by atoms with van der Waals surface area (Å²) in [7, 11) is 0. The van der Waals surface area contributed by atoms with Crippen LogP contribution in [0.25, 0.3) is 5.69 Å². The van der Waals surface area contributed by atoms with Gasteiger partial charge in [0.15, 0.2) is 6.61 Å². The first-order valence-electron chi connectivity index (χ1n) is 9.67. The molecule has 2 aromatic heterocycles. The second-order valence-corrected chi connectivity index (χ2v) is 8.15. The SMILES string of the molecule is NC(=O)c1c(NC(=O)COC(=O)c2ccc(-n3cccc3)cc2)sc2c1CCCC2. The van der Waals surface area contributed by atoms with Crippen molar-refractivity contribution in [2.75, 3.05) is 11.9 Å². The summed E-state index contributed by atoms with van der Waals surface area (Å²) in [6, 6.07) is 10.7. The molecule has 3 aromatic rings. The predicted molar refractivity (Wildman–Crippen MR) is 114 cm³/mol. The topological polar surface area (TPSA) is 103 Å². The monoisotopic (exact) mass is 423 g/mol. The molecule has 30 heavy (non-hydrogen) atoms. The standard InChI is InChI=1S/C22H21N3O4S/c23-20(27)19-16-5-1-2-6-17(16)30-21(19)24-18(26)13-29-22(28)14-7-9-15(10-8-14)25-11-3-4-12-25/h3-4,7-12H,1-2,5-6,13H2,(H2,23,27)(H,24,26). The van der Waals surface area contributed by atoms with Crippen molar-refractivity contribution in [1.29, 1.82) is 0 Å². The first-order valence-corrected chi connectivity index (χ1v) is 10.5. The second-order valence-electron chi connectivity index (χ2n) is 7.04. The molecule has 0 fully saturated rings. The Bertz CT molecular complexity index is 1080. The molecule has 0 unspecified atom stereocenters. The van der Waals surface area contributed by atoms with Gasteiger partial charge in [0.05, 0.1) is 11.1 Å². The van der Waals surface area contributed by atoms with E-state index in [9.17, 15) is 14.4 Å². The van der Waals surface area contributed by atoms with Gasteiger partial charge in [-0.3, -0.25) is 9.59 Å². The zero-order chi connectivity index (χ0) is 21.1. The predicted octanol–water partition coefficient (Wildman–Crippen LogP) is 3.31. The number of amides is 2. The molecule has 0 atom stereocenters. The van der Waals surface area contributed by atoms with Crippen LogP contribution in [-0.4, -0.2) is 29.0 Å². The molecular formula is C22H21N3O4S. The summed E-state index contributed by atoms with van der Waals surface area (Å²) in [5, 5.41) is 3.12. The van der Waals surface area contributed by atoms with Gasteiger partial charge in [-0.25, -0.2) is 4.79 Å². The fraction of sp³-hybridized carbons (Fsp3) is 0.227. The van der Waals surface area contributed by atoms with Crippen LogP contribution < -0.4 is 11.1 Å². The Morgan fingerprint density at radius 2 is 1.77 bits per heavy atom. The van der Waals surface area contributed by atoms with Gasteiger partial charge in [0.25, 0.3) is 11.8 Å². The normalized spacial score (nSPS) is 12.8. The van der Waals surface area contributed by atoms with Crippen molar-refractivity contribution < 1.29 is 19.1 Å². The van der Waals surface area contributed by atoms with Crippen LogP contribution in [0.15, 0.2) is 48.8 Å². The third-order valence-electron chi connectivity index (χ3n) is 5.01. The number of carbonyl (C=O) groups is 3. The number of benzene rings is 1. The summed E-state index contributed by atoms with van der Waals surface area (Å²) in [5.41, 5.74) is 8.12. The summed E-state index contributed by atoms with van der Waals surface area (Å²) in [6.45, 7) is -0.445. The summed E-state index contributed by atoms with van der Waals surface area (Å²) in [5.74, 6) is -1.65. The molecule has 2 heterocycles. The number of anilines is 1. The van der Waals surface area contributed by atoms with Crippen molar-refractivity contribution in [3.8, 4) is 5.69 Å². The van der Waals surface area contributed by atoms with Gasteiger partial charge < -0.3 is 20.4 Å². The molecule has 4 rings (SSSR count). The van der Waals surface area contributed by atoms with Gasteiger partial charge in [-0.15, -0.1) is 11.3 Å². The average Bonchev–Trinajstić information content (AvgIpc) is 3.40. The Morgan fingerprint density at radius 3 is 2.47 bits per heavy atom. The molecule has 0 radical (unpaired) electrons. The average molecular weight is 423 g/mol. The molecule has 8 heteroatoms. The summed E-state index contributed by atoms with van der Waals surface area (Å²) >= 11 is 1.37. The zero-order valence-corrected chi connectivity index (χ0v) is 17.0. The van der Waals surface area contributed by atoms with Crippen LogP contribution in [0, 0.1) is 0 Å². The van der Waals surface area contributed by atoms with Gasteiger partial charge in [-0.05, 0) is 67.6 Å². The number of carbonyl (C=O) groups excluding carboxylic acids is 3. The maximum atomic E-state index is 12.3. The molecule has 0 aliphatic heterocycles. The third kappa shape index (κ3) is 4.13. The number of hydrogen-bond donors (Lipinski definition) is 2. The van der Waals surface area contributed by atoms with Gasteiger partial charge in [0, 0.05) is 23.0 Å². The number of nitrogens with one attached hydrogen (secondary N) is 1. The van der Waals surface area contributed by atoms with Crippen molar-refractivity contribution >= 4 is 34.1 Å². The maximum absolute atomic E-state index is 12.3. The van der Waals surface area contributed by atoms with Gasteiger partial charge in [0.2, 0.25) is 0 Å². The van der Waals surface area contributed by atoms with E-state index in [4.69, 9.17) is 10.5 Å². The van der Waals surface area contributed by atoms with Crippen LogP contribution in [-0.2, 0) is 22.4 Å². The number of hydrogen-bond acceptors (Lipinski definition) is 5. The summed E-state index contributed by atoms with van der Waals surface area (Å²) in [4.78, 5) is 37.5. The smallest absolute Gasteiger partial charge is 0.338 e. The van der Waals surface area contributed by atoms with E-state index in [1.807, 2.05) is 29.1 Å². The molecule has 1 aliphatic rings. The van der Waals surface area contributed by atoms with E-state index in [1.54, 1.807) is 24.3 Å². The molecule has 0 saturated heterocycles. The lowest BCUT2D eigenvalue weighted by molar-refractivity contribution is -0.119. The van der Waals surface area contributed by atoms with Crippen LogP contribution in [0.5, 0.6) is 0 Å². The summed E-state index contributed by atoms with van der Waals surface area (Å²) < 4.78 is 7.04. The molecule has 0 spiro atoms. The fourth-order valence-electron chi connectivity index (χ4n) is 3.57. The Kier molecular flexibility index (Phi) is 5.67. The highest BCUT2D eigenvalue weighted by atomic mass is 32.1. The van der Waals surface area contributed by atoms with E-state index in [0.717, 1.165) is 41.8 Å². The highest BCUT2D eigenvalue weighted by molar-refractivity contribution is 7.17. The molecule has 1 aliphatic carbocycles. The van der Waals surface area contributed by atoms with Crippen LogP contribution >= 0.6 is 11.3 Å². The Labute approximate surface area is 177 Å². The van der Waals surface area contributed by atoms with Crippen molar-refractivity contribution in [1.82, 2.24) is 4.57 Å². The largest absolute Gasteiger partial charge is 0.452 e. The third-order valence-corrected chi connectivity index (χ3v) is 6.22.